The normalized spacial score (nSPS) is 11.5. The number of anilines is 1. The van der Waals surface area contributed by atoms with Crippen LogP contribution in [-0.4, -0.2) is 23.8 Å². The van der Waals surface area contributed by atoms with Crippen molar-refractivity contribution in [2.75, 3.05) is 5.32 Å². The summed E-state index contributed by atoms with van der Waals surface area (Å²) in [7, 11) is 0. The van der Waals surface area contributed by atoms with Crippen molar-refractivity contribution in [3.63, 3.8) is 0 Å². The summed E-state index contributed by atoms with van der Waals surface area (Å²) in [6.45, 7) is 2.31. The van der Waals surface area contributed by atoms with Crippen LogP contribution in [0.2, 0.25) is 5.02 Å². The number of hydrogen-bond acceptors (Lipinski definition) is 4. The minimum atomic E-state index is -1.43. The summed E-state index contributed by atoms with van der Waals surface area (Å²) in [5, 5.41) is 2.98. The first-order chi connectivity index (χ1) is 8.40. The zero-order valence-corrected chi connectivity index (χ0v) is 10.7. The highest BCUT2D eigenvalue weighted by molar-refractivity contribution is 6.30. The van der Waals surface area contributed by atoms with E-state index in [1.165, 1.54) is 6.92 Å². The summed E-state index contributed by atoms with van der Waals surface area (Å²) in [5.41, 5.74) is 0.461. The Labute approximate surface area is 109 Å². The maximum atomic E-state index is 11.7. The molecule has 5 nitrogen and oxygen atoms in total. The van der Waals surface area contributed by atoms with Gasteiger partial charge in [0.15, 0.2) is 5.78 Å². The number of amides is 1. The Balaban J connectivity index is 2.75. The number of esters is 1. The van der Waals surface area contributed by atoms with E-state index in [-0.39, 0.29) is 0 Å². The highest BCUT2D eigenvalue weighted by Crippen LogP contribution is 2.14. The van der Waals surface area contributed by atoms with E-state index >= 15 is 0 Å². The van der Waals surface area contributed by atoms with E-state index in [0.29, 0.717) is 10.7 Å². The van der Waals surface area contributed by atoms with Crippen molar-refractivity contribution in [3.05, 3.63) is 29.3 Å². The second-order valence-electron chi connectivity index (χ2n) is 3.60. The fourth-order valence-electron chi connectivity index (χ4n) is 1.23. The van der Waals surface area contributed by atoms with E-state index in [9.17, 15) is 14.4 Å². The number of halogens is 1. The van der Waals surface area contributed by atoms with E-state index in [2.05, 4.69) is 10.1 Å². The number of Topliss-reactive ketones (excluding diaryl/α,β-unsaturated/α-hetero) is 1. The fourth-order valence-corrected chi connectivity index (χ4v) is 1.35. The van der Waals surface area contributed by atoms with Crippen LogP contribution in [0.4, 0.5) is 5.69 Å². The third-order valence-corrected chi connectivity index (χ3v) is 2.25. The number of carbonyl (C=O) groups excluding carboxylic acids is 3. The number of ether oxygens (including phenoxy) is 1. The molecule has 1 atom stereocenters. The Morgan fingerprint density at radius 3 is 2.17 bits per heavy atom. The topological polar surface area (TPSA) is 72.5 Å². The van der Waals surface area contributed by atoms with Gasteiger partial charge in [-0.3, -0.25) is 14.4 Å². The first-order valence-corrected chi connectivity index (χ1v) is 5.52. The number of benzene rings is 1. The van der Waals surface area contributed by atoms with Crippen molar-refractivity contribution in [1.29, 1.82) is 0 Å². The molecule has 0 heterocycles. The maximum absolute atomic E-state index is 11.7. The molecule has 0 fully saturated rings. The van der Waals surface area contributed by atoms with Gasteiger partial charge in [-0.15, -0.1) is 0 Å². The lowest BCUT2D eigenvalue weighted by molar-refractivity contribution is -0.157. The molecule has 0 aliphatic carbocycles. The Kier molecular flexibility index (Phi) is 4.85. The van der Waals surface area contributed by atoms with Gasteiger partial charge in [0.2, 0.25) is 6.10 Å². The van der Waals surface area contributed by atoms with Crippen LogP contribution in [-0.2, 0) is 19.1 Å². The van der Waals surface area contributed by atoms with Gasteiger partial charge in [0.25, 0.3) is 5.91 Å². The second kappa shape index (κ2) is 6.16. The molecule has 0 aromatic heterocycles. The van der Waals surface area contributed by atoms with Crippen molar-refractivity contribution in [2.24, 2.45) is 0 Å². The minimum Gasteiger partial charge on any atom is -0.444 e. The Hall–Kier alpha value is -1.88. The molecule has 1 N–H and O–H groups in total. The predicted octanol–water partition coefficient (Wildman–Crippen LogP) is 1.80. The largest absolute Gasteiger partial charge is 0.444 e. The van der Waals surface area contributed by atoms with Gasteiger partial charge in [-0.05, 0) is 31.2 Å². The summed E-state index contributed by atoms with van der Waals surface area (Å²) in [6, 6.07) is 6.33. The van der Waals surface area contributed by atoms with Gasteiger partial charge >= 0.3 is 5.97 Å². The summed E-state index contributed by atoms with van der Waals surface area (Å²) >= 11 is 5.69. The molecule has 0 aliphatic rings. The van der Waals surface area contributed by atoms with E-state index in [0.717, 1.165) is 6.92 Å². The van der Waals surface area contributed by atoms with Crippen LogP contribution in [0.1, 0.15) is 13.8 Å². The molecule has 0 bridgehead atoms. The van der Waals surface area contributed by atoms with E-state index in [1.54, 1.807) is 24.3 Å². The van der Waals surface area contributed by atoms with Gasteiger partial charge in [-0.1, -0.05) is 11.6 Å². The van der Waals surface area contributed by atoms with Gasteiger partial charge in [-0.25, -0.2) is 0 Å². The SMILES string of the molecule is CC(=O)O[C@@H](C(C)=O)C(=O)Nc1ccc(Cl)cc1. The maximum Gasteiger partial charge on any atom is 0.303 e. The number of hydrogen-bond donors (Lipinski definition) is 1. The monoisotopic (exact) mass is 269 g/mol. The third kappa shape index (κ3) is 4.18. The summed E-state index contributed by atoms with van der Waals surface area (Å²) in [5.74, 6) is -1.93. The average Bonchev–Trinajstić information content (AvgIpc) is 2.28. The molecule has 0 unspecified atom stereocenters. The Bertz CT molecular complexity index is 469. The molecule has 1 aromatic carbocycles. The van der Waals surface area contributed by atoms with Crippen LogP contribution >= 0.6 is 11.6 Å². The van der Waals surface area contributed by atoms with Crippen molar-refractivity contribution in [2.45, 2.75) is 20.0 Å². The Morgan fingerprint density at radius 1 is 1.17 bits per heavy atom. The van der Waals surface area contributed by atoms with Crippen LogP contribution in [0.5, 0.6) is 0 Å². The summed E-state index contributed by atoms with van der Waals surface area (Å²) in [6.07, 6.45) is -1.43. The van der Waals surface area contributed by atoms with Crippen molar-refractivity contribution in [1.82, 2.24) is 0 Å². The first kappa shape index (κ1) is 14.2. The number of nitrogens with one attached hydrogen (secondary N) is 1. The summed E-state index contributed by atoms with van der Waals surface area (Å²) < 4.78 is 4.64. The van der Waals surface area contributed by atoms with E-state index in [4.69, 9.17) is 11.6 Å². The third-order valence-electron chi connectivity index (χ3n) is 2.00. The first-order valence-electron chi connectivity index (χ1n) is 5.14. The highest BCUT2D eigenvalue weighted by atomic mass is 35.5. The lowest BCUT2D eigenvalue weighted by Crippen LogP contribution is -2.37. The van der Waals surface area contributed by atoms with Crippen LogP contribution < -0.4 is 5.32 Å². The molecule has 1 rings (SSSR count). The van der Waals surface area contributed by atoms with Gasteiger partial charge in [0.05, 0.1) is 0 Å². The van der Waals surface area contributed by atoms with Crippen molar-refractivity contribution >= 4 is 34.9 Å². The molecule has 1 amide bonds. The van der Waals surface area contributed by atoms with E-state index in [1.807, 2.05) is 0 Å². The molecule has 0 saturated heterocycles. The zero-order chi connectivity index (χ0) is 13.7. The van der Waals surface area contributed by atoms with Gasteiger partial charge in [-0.2, -0.15) is 0 Å². The minimum absolute atomic E-state index is 0.461. The van der Waals surface area contributed by atoms with Crippen molar-refractivity contribution < 1.29 is 19.1 Å². The molecule has 0 saturated carbocycles. The second-order valence-corrected chi connectivity index (χ2v) is 4.03. The number of rotatable bonds is 4. The van der Waals surface area contributed by atoms with Crippen molar-refractivity contribution in [3.8, 4) is 0 Å². The molecule has 0 radical (unpaired) electrons. The predicted molar refractivity (Wildman–Crippen MR) is 66.3 cm³/mol. The quantitative estimate of drug-likeness (QED) is 0.668. The lowest BCUT2D eigenvalue weighted by atomic mass is 10.2. The smallest absolute Gasteiger partial charge is 0.303 e. The van der Waals surface area contributed by atoms with Crippen LogP contribution in [0.3, 0.4) is 0 Å². The van der Waals surface area contributed by atoms with E-state index < -0.39 is 23.8 Å². The van der Waals surface area contributed by atoms with Gasteiger partial charge in [0, 0.05) is 17.6 Å². The van der Waals surface area contributed by atoms with Crippen LogP contribution in [0.25, 0.3) is 0 Å². The molecule has 96 valence electrons. The molecule has 0 aliphatic heterocycles. The molecular formula is C12H12ClNO4. The molecule has 1 aromatic rings. The Morgan fingerprint density at radius 2 is 1.72 bits per heavy atom. The van der Waals surface area contributed by atoms with Gasteiger partial charge < -0.3 is 10.1 Å². The van der Waals surface area contributed by atoms with Crippen LogP contribution in [0, 0.1) is 0 Å². The highest BCUT2D eigenvalue weighted by Gasteiger charge is 2.26. The summed E-state index contributed by atoms with van der Waals surface area (Å²) in [4.78, 5) is 33.7. The van der Waals surface area contributed by atoms with Gasteiger partial charge in [0.1, 0.15) is 0 Å². The number of carbonyl (C=O) groups is 3. The van der Waals surface area contributed by atoms with Crippen LogP contribution in [0.15, 0.2) is 24.3 Å². The molecular weight excluding hydrogens is 258 g/mol. The average molecular weight is 270 g/mol. The number of ketones is 1. The fraction of sp³-hybridized carbons (Fsp3) is 0.250. The molecule has 6 heteroatoms. The molecule has 0 spiro atoms. The standard InChI is InChI=1S/C12H12ClNO4/c1-7(15)11(18-8(2)16)12(17)14-10-5-3-9(13)4-6-10/h3-6,11H,1-2H3,(H,14,17)/t11-/m0/s1. The zero-order valence-electron chi connectivity index (χ0n) is 9.90. The molecule has 18 heavy (non-hydrogen) atoms. The lowest BCUT2D eigenvalue weighted by Gasteiger charge is -2.13.